The first-order chi connectivity index (χ1) is 14.4. The van der Waals surface area contributed by atoms with Crippen LogP contribution < -0.4 is 10.6 Å². The molecule has 0 saturated heterocycles. The largest absolute Gasteiger partial charge is 0.329 e. The summed E-state index contributed by atoms with van der Waals surface area (Å²) < 4.78 is 1.12. The molecule has 0 saturated carbocycles. The number of rotatable bonds is 2. The van der Waals surface area contributed by atoms with Crippen molar-refractivity contribution in [2.24, 2.45) is 16.3 Å². The maximum absolute atomic E-state index is 13.1. The van der Waals surface area contributed by atoms with Crippen molar-refractivity contribution in [2.45, 2.75) is 33.2 Å². The Morgan fingerprint density at radius 3 is 2.80 bits per heavy atom. The van der Waals surface area contributed by atoms with E-state index in [4.69, 9.17) is 4.99 Å². The van der Waals surface area contributed by atoms with Crippen molar-refractivity contribution in [3.63, 3.8) is 0 Å². The molecule has 2 aliphatic rings. The molecular weight excluding hydrogens is 392 g/mol. The molecule has 5 rings (SSSR count). The van der Waals surface area contributed by atoms with Crippen molar-refractivity contribution in [2.75, 3.05) is 5.32 Å². The second-order valence-electron chi connectivity index (χ2n) is 8.78. The zero-order valence-corrected chi connectivity index (χ0v) is 18.1. The van der Waals surface area contributed by atoms with E-state index in [2.05, 4.69) is 66.7 Å². The lowest BCUT2D eigenvalue weighted by molar-refractivity contribution is -0.124. The first-order valence-corrected chi connectivity index (χ1v) is 11.0. The molecule has 3 aromatic rings. The Kier molecular flexibility index (Phi) is 4.47. The van der Waals surface area contributed by atoms with Crippen molar-refractivity contribution < 1.29 is 4.79 Å². The lowest BCUT2D eigenvalue weighted by Gasteiger charge is -2.38. The Labute approximate surface area is 179 Å². The number of aryl methyl sites for hydroxylation is 1. The Morgan fingerprint density at radius 1 is 1.17 bits per heavy atom. The van der Waals surface area contributed by atoms with Crippen LogP contribution in [0.4, 0.5) is 5.13 Å². The molecule has 2 atom stereocenters. The summed E-state index contributed by atoms with van der Waals surface area (Å²) in [5.74, 6) is 0.591. The molecular formula is C24H24N4OS. The molecule has 0 spiro atoms. The Balaban J connectivity index is 1.56. The van der Waals surface area contributed by atoms with Crippen molar-refractivity contribution in [1.29, 1.82) is 0 Å². The predicted molar refractivity (Wildman–Crippen MR) is 123 cm³/mol. The summed E-state index contributed by atoms with van der Waals surface area (Å²) in [5, 5.41) is 7.53. The molecule has 5 nitrogen and oxygen atoms in total. The number of carbonyl (C=O) groups excluding carboxylic acids is 1. The van der Waals surface area contributed by atoms with Crippen LogP contribution in [0.1, 0.15) is 37.4 Å². The summed E-state index contributed by atoms with van der Waals surface area (Å²) in [6, 6.07) is 16.1. The minimum Gasteiger partial charge on any atom is -0.329 e. The Hall–Kier alpha value is -2.99. The van der Waals surface area contributed by atoms with E-state index in [1.54, 1.807) is 11.3 Å². The number of aliphatic imine (C=N–C) groups is 1. The van der Waals surface area contributed by atoms with Gasteiger partial charge in [-0.25, -0.2) is 9.98 Å². The van der Waals surface area contributed by atoms with Crippen LogP contribution in [0, 0.1) is 18.3 Å². The van der Waals surface area contributed by atoms with E-state index in [9.17, 15) is 4.79 Å². The number of nitrogens with one attached hydrogen (secondary N) is 2. The highest BCUT2D eigenvalue weighted by atomic mass is 32.1. The van der Waals surface area contributed by atoms with E-state index in [-0.39, 0.29) is 23.2 Å². The van der Waals surface area contributed by atoms with Gasteiger partial charge in [-0.3, -0.25) is 4.79 Å². The van der Waals surface area contributed by atoms with Crippen LogP contribution >= 0.6 is 11.3 Å². The van der Waals surface area contributed by atoms with Gasteiger partial charge in [0.1, 0.15) is 5.78 Å². The molecule has 0 amide bonds. The van der Waals surface area contributed by atoms with E-state index in [1.165, 1.54) is 0 Å². The number of Topliss-reactive ketones (excluding diaryl/α,β-unsaturated/α-hetero) is 1. The first kappa shape index (κ1) is 19.0. The van der Waals surface area contributed by atoms with Gasteiger partial charge in [-0.1, -0.05) is 73.2 Å². The quantitative estimate of drug-likeness (QED) is 0.601. The smallest absolute Gasteiger partial charge is 0.202 e. The highest BCUT2D eigenvalue weighted by molar-refractivity contribution is 7.22. The second kappa shape index (κ2) is 7.06. The van der Waals surface area contributed by atoms with Crippen LogP contribution in [-0.4, -0.2) is 16.7 Å². The van der Waals surface area contributed by atoms with Gasteiger partial charge in [-0.2, -0.15) is 0 Å². The van der Waals surface area contributed by atoms with Crippen LogP contribution in [-0.2, 0) is 4.79 Å². The van der Waals surface area contributed by atoms with E-state index in [1.807, 2.05) is 24.3 Å². The minimum atomic E-state index is -0.277. The molecule has 1 aliphatic heterocycles. The molecule has 1 aromatic heterocycles. The monoisotopic (exact) mass is 416 g/mol. The number of benzene rings is 2. The van der Waals surface area contributed by atoms with Crippen LogP contribution in [0.3, 0.4) is 0 Å². The third-order valence-corrected chi connectivity index (χ3v) is 6.56. The fourth-order valence-corrected chi connectivity index (χ4v) is 5.21. The lowest BCUT2D eigenvalue weighted by Crippen LogP contribution is -2.45. The van der Waals surface area contributed by atoms with Gasteiger partial charge < -0.3 is 10.6 Å². The number of thiazole rings is 1. The van der Waals surface area contributed by atoms with Crippen molar-refractivity contribution in [1.82, 2.24) is 10.3 Å². The number of hydrogen-bond donors (Lipinski definition) is 2. The molecule has 6 heteroatoms. The van der Waals surface area contributed by atoms with Gasteiger partial charge in [0.25, 0.3) is 0 Å². The standard InChI is InChI=1S/C24H24N4OS/c1-14-7-6-8-15(11-14)21-20-17(12-24(2,3)13-18(20)29)25-22(27-21)28-23-26-16-9-4-5-10-19(16)30-23/h4-12,20-21H,13H2,1-3H3,(H2,25,26,27,28)/t20-,21-/m0/s1. The maximum Gasteiger partial charge on any atom is 0.202 e. The topological polar surface area (TPSA) is 66.4 Å². The molecule has 2 heterocycles. The Morgan fingerprint density at radius 2 is 2.00 bits per heavy atom. The summed E-state index contributed by atoms with van der Waals surface area (Å²) in [4.78, 5) is 22.7. The van der Waals surface area contributed by atoms with E-state index in [0.29, 0.717) is 12.4 Å². The number of carbonyl (C=O) groups is 1. The average molecular weight is 417 g/mol. The molecule has 0 unspecified atom stereocenters. The summed E-state index contributed by atoms with van der Waals surface area (Å²) >= 11 is 1.59. The van der Waals surface area contributed by atoms with Crippen molar-refractivity contribution >= 4 is 38.4 Å². The number of aromatic nitrogens is 1. The number of anilines is 1. The average Bonchev–Trinajstić information content (AvgIpc) is 3.08. The second-order valence-corrected chi connectivity index (χ2v) is 9.81. The molecule has 2 aromatic carbocycles. The van der Waals surface area contributed by atoms with Gasteiger partial charge in [-0.05, 0) is 30.0 Å². The molecule has 152 valence electrons. The van der Waals surface area contributed by atoms with Crippen molar-refractivity contribution in [3.8, 4) is 0 Å². The van der Waals surface area contributed by atoms with Crippen LogP contribution in [0.2, 0.25) is 0 Å². The fourth-order valence-electron chi connectivity index (χ4n) is 4.35. The number of allylic oxidation sites excluding steroid dienone is 1. The van der Waals surface area contributed by atoms with E-state index < -0.39 is 0 Å². The van der Waals surface area contributed by atoms with Gasteiger partial charge in [0.2, 0.25) is 5.96 Å². The summed E-state index contributed by atoms with van der Waals surface area (Å²) in [6.45, 7) is 6.27. The SMILES string of the molecule is Cc1cccc([C@@H]2N=C(Nc3nc4ccccc4s3)NC3=CC(C)(C)CC(=O)[C@H]32)c1. The third kappa shape index (κ3) is 3.52. The van der Waals surface area contributed by atoms with Crippen LogP contribution in [0.25, 0.3) is 10.2 Å². The number of ketones is 1. The molecule has 30 heavy (non-hydrogen) atoms. The van der Waals surface area contributed by atoms with Crippen molar-refractivity contribution in [3.05, 3.63) is 71.4 Å². The van der Waals surface area contributed by atoms with E-state index >= 15 is 0 Å². The number of hydrogen-bond acceptors (Lipinski definition) is 6. The summed E-state index contributed by atoms with van der Waals surface area (Å²) in [7, 11) is 0. The Bertz CT molecular complexity index is 1170. The number of para-hydroxylation sites is 1. The number of nitrogens with zero attached hydrogens (tertiary/aromatic N) is 2. The van der Waals surface area contributed by atoms with Gasteiger partial charge in [-0.15, -0.1) is 0 Å². The molecule has 0 bridgehead atoms. The summed E-state index contributed by atoms with van der Waals surface area (Å²) in [6.07, 6.45) is 2.72. The normalized spacial score (nSPS) is 22.7. The fraction of sp³-hybridized carbons (Fsp3) is 0.292. The number of guanidine groups is 1. The highest BCUT2D eigenvalue weighted by Crippen LogP contribution is 2.42. The summed E-state index contributed by atoms with van der Waals surface area (Å²) in [5.41, 5.74) is 3.94. The third-order valence-electron chi connectivity index (χ3n) is 5.61. The highest BCUT2D eigenvalue weighted by Gasteiger charge is 2.42. The minimum absolute atomic E-state index is 0.175. The zero-order chi connectivity index (χ0) is 20.9. The predicted octanol–water partition coefficient (Wildman–Crippen LogP) is 5.22. The van der Waals surface area contributed by atoms with Gasteiger partial charge in [0.05, 0.1) is 22.2 Å². The zero-order valence-electron chi connectivity index (χ0n) is 17.3. The van der Waals surface area contributed by atoms with E-state index in [0.717, 1.165) is 32.2 Å². The van der Waals surface area contributed by atoms with Crippen LogP contribution in [0.15, 0.2) is 65.3 Å². The first-order valence-electron chi connectivity index (χ1n) is 10.2. The lowest BCUT2D eigenvalue weighted by atomic mass is 9.72. The van der Waals surface area contributed by atoms with Gasteiger partial charge in [0, 0.05) is 12.1 Å². The maximum atomic E-state index is 13.1. The number of fused-ring (bicyclic) bond motifs is 2. The molecule has 0 fully saturated rings. The van der Waals surface area contributed by atoms with Gasteiger partial charge >= 0.3 is 0 Å². The molecule has 1 aliphatic carbocycles. The van der Waals surface area contributed by atoms with Crippen LogP contribution in [0.5, 0.6) is 0 Å². The molecule has 0 radical (unpaired) electrons. The molecule has 2 N–H and O–H groups in total. The van der Waals surface area contributed by atoms with Gasteiger partial charge in [0.15, 0.2) is 5.13 Å².